The molecule has 0 radical (unpaired) electrons. The first-order valence-electron chi connectivity index (χ1n) is 7.47. The maximum Gasteiger partial charge on any atom is 0.317 e. The second-order valence-corrected chi connectivity index (χ2v) is 6.89. The number of aliphatic carboxylic acids is 1. The van der Waals surface area contributed by atoms with E-state index < -0.39 is 11.9 Å². The van der Waals surface area contributed by atoms with E-state index in [1.807, 2.05) is 4.90 Å². The summed E-state index contributed by atoms with van der Waals surface area (Å²) in [6.07, 6.45) is 2.56. The predicted octanol–water partition coefficient (Wildman–Crippen LogP) is 2.56. The maximum absolute atomic E-state index is 12.0. The van der Waals surface area contributed by atoms with E-state index in [9.17, 15) is 9.59 Å². The Labute approximate surface area is 121 Å². The summed E-state index contributed by atoms with van der Waals surface area (Å²) in [6, 6.07) is -0.0602. The number of urea groups is 1. The van der Waals surface area contributed by atoms with E-state index in [1.54, 1.807) is 6.92 Å². The lowest BCUT2D eigenvalue weighted by Crippen LogP contribution is -2.46. The lowest BCUT2D eigenvalue weighted by molar-refractivity contribution is -0.141. The smallest absolute Gasteiger partial charge is 0.317 e. The van der Waals surface area contributed by atoms with Crippen LogP contribution in [0.5, 0.6) is 0 Å². The Hall–Kier alpha value is -1.26. The van der Waals surface area contributed by atoms with Crippen molar-refractivity contribution in [2.75, 3.05) is 19.6 Å². The molecule has 2 N–H and O–H groups in total. The van der Waals surface area contributed by atoms with Crippen molar-refractivity contribution in [1.82, 2.24) is 10.2 Å². The number of nitrogens with zero attached hydrogens (tertiary/aromatic N) is 1. The van der Waals surface area contributed by atoms with Crippen LogP contribution in [-0.4, -0.2) is 41.6 Å². The van der Waals surface area contributed by atoms with Crippen LogP contribution in [0, 0.1) is 17.3 Å². The quantitative estimate of drug-likeness (QED) is 0.833. The van der Waals surface area contributed by atoms with Crippen molar-refractivity contribution in [1.29, 1.82) is 0 Å². The number of likely N-dealkylation sites (tertiary alicyclic amines) is 1. The first-order valence-corrected chi connectivity index (χ1v) is 7.47. The number of piperidine rings is 1. The van der Waals surface area contributed by atoms with Gasteiger partial charge in [0.15, 0.2) is 0 Å². The highest BCUT2D eigenvalue weighted by molar-refractivity contribution is 5.74. The number of hydrogen-bond acceptors (Lipinski definition) is 2. The summed E-state index contributed by atoms with van der Waals surface area (Å²) in [5.74, 6) is -0.564. The van der Waals surface area contributed by atoms with Crippen LogP contribution in [0.1, 0.15) is 47.0 Å². The summed E-state index contributed by atoms with van der Waals surface area (Å²) in [5, 5.41) is 11.6. The average molecular weight is 284 g/mol. The van der Waals surface area contributed by atoms with Crippen molar-refractivity contribution >= 4 is 12.0 Å². The second kappa shape index (κ2) is 6.95. The fraction of sp³-hybridized carbons (Fsp3) is 0.867. The van der Waals surface area contributed by atoms with Crippen LogP contribution < -0.4 is 5.32 Å². The van der Waals surface area contributed by atoms with Crippen molar-refractivity contribution in [3.8, 4) is 0 Å². The minimum Gasteiger partial charge on any atom is -0.481 e. The first-order chi connectivity index (χ1) is 9.21. The van der Waals surface area contributed by atoms with Gasteiger partial charge in [-0.1, -0.05) is 27.7 Å². The highest BCUT2D eigenvalue weighted by Crippen LogP contribution is 2.34. The van der Waals surface area contributed by atoms with Crippen molar-refractivity contribution in [3.05, 3.63) is 0 Å². The fourth-order valence-corrected chi connectivity index (χ4v) is 2.58. The van der Waals surface area contributed by atoms with Gasteiger partial charge in [0, 0.05) is 19.6 Å². The molecule has 1 saturated heterocycles. The van der Waals surface area contributed by atoms with E-state index in [2.05, 4.69) is 26.1 Å². The molecule has 0 spiro atoms. The Kier molecular flexibility index (Phi) is 5.84. The van der Waals surface area contributed by atoms with Gasteiger partial charge >= 0.3 is 12.0 Å². The molecule has 1 atom stereocenters. The van der Waals surface area contributed by atoms with Crippen LogP contribution in [0.2, 0.25) is 0 Å². The maximum atomic E-state index is 12.0. The molecule has 1 fully saturated rings. The number of hydrogen-bond donors (Lipinski definition) is 2. The summed E-state index contributed by atoms with van der Waals surface area (Å²) in [6.45, 7) is 10.4. The highest BCUT2D eigenvalue weighted by atomic mass is 16.4. The Morgan fingerprint density at radius 3 is 2.30 bits per heavy atom. The molecule has 1 rings (SSSR count). The van der Waals surface area contributed by atoms with Gasteiger partial charge in [-0.3, -0.25) is 4.79 Å². The molecule has 1 heterocycles. The highest BCUT2D eigenvalue weighted by Gasteiger charge is 2.30. The summed E-state index contributed by atoms with van der Waals surface area (Å²) in [7, 11) is 0. The molecule has 116 valence electrons. The summed E-state index contributed by atoms with van der Waals surface area (Å²) < 4.78 is 0. The number of carboxylic acids is 1. The van der Waals surface area contributed by atoms with Crippen molar-refractivity contribution in [3.63, 3.8) is 0 Å². The fourth-order valence-electron chi connectivity index (χ4n) is 2.58. The Morgan fingerprint density at radius 2 is 1.85 bits per heavy atom. The molecule has 5 nitrogen and oxygen atoms in total. The van der Waals surface area contributed by atoms with Gasteiger partial charge in [-0.15, -0.1) is 0 Å². The summed E-state index contributed by atoms with van der Waals surface area (Å²) >= 11 is 0. The molecular formula is C15H28N2O3. The minimum absolute atomic E-state index is 0.0602. The van der Waals surface area contributed by atoms with E-state index in [0.717, 1.165) is 25.9 Å². The molecule has 1 unspecified atom stereocenters. The van der Waals surface area contributed by atoms with Crippen molar-refractivity contribution < 1.29 is 14.7 Å². The van der Waals surface area contributed by atoms with Crippen LogP contribution >= 0.6 is 0 Å². The minimum atomic E-state index is -0.815. The Balaban J connectivity index is 2.28. The van der Waals surface area contributed by atoms with Crippen LogP contribution in [0.15, 0.2) is 0 Å². The van der Waals surface area contributed by atoms with E-state index in [1.165, 1.54) is 0 Å². The van der Waals surface area contributed by atoms with Gasteiger partial charge in [0.25, 0.3) is 0 Å². The number of carboxylic acid groups (broad SMARTS) is 1. The number of rotatable bonds is 4. The molecule has 0 aromatic rings. The van der Waals surface area contributed by atoms with Gasteiger partial charge in [0.2, 0.25) is 0 Å². The number of carbonyl (C=O) groups excluding carboxylic acids is 1. The van der Waals surface area contributed by atoms with Crippen LogP contribution in [0.25, 0.3) is 0 Å². The summed E-state index contributed by atoms with van der Waals surface area (Å²) in [4.78, 5) is 24.5. The molecule has 2 amide bonds. The van der Waals surface area contributed by atoms with E-state index >= 15 is 0 Å². The Morgan fingerprint density at radius 1 is 1.30 bits per heavy atom. The third-order valence-corrected chi connectivity index (χ3v) is 4.28. The van der Waals surface area contributed by atoms with Gasteiger partial charge in [0.05, 0.1) is 5.92 Å². The molecule has 0 aliphatic carbocycles. The van der Waals surface area contributed by atoms with Crippen LogP contribution in [0.3, 0.4) is 0 Å². The average Bonchev–Trinajstić information content (AvgIpc) is 2.37. The molecule has 20 heavy (non-hydrogen) atoms. The topological polar surface area (TPSA) is 69.6 Å². The normalized spacial score (nSPS) is 18.7. The zero-order valence-corrected chi connectivity index (χ0v) is 13.1. The van der Waals surface area contributed by atoms with Gasteiger partial charge in [-0.05, 0) is 30.6 Å². The van der Waals surface area contributed by atoms with Crippen LogP contribution in [0.4, 0.5) is 4.79 Å². The third kappa shape index (κ3) is 5.02. The molecule has 1 aliphatic heterocycles. The number of carbonyl (C=O) groups is 2. The lowest BCUT2D eigenvalue weighted by Gasteiger charge is -2.38. The Bertz CT molecular complexity index is 342. The van der Waals surface area contributed by atoms with E-state index in [4.69, 9.17) is 5.11 Å². The van der Waals surface area contributed by atoms with E-state index in [-0.39, 0.29) is 6.03 Å². The second-order valence-electron chi connectivity index (χ2n) is 6.89. The molecule has 0 aromatic carbocycles. The van der Waals surface area contributed by atoms with Gasteiger partial charge in [-0.25, -0.2) is 4.79 Å². The monoisotopic (exact) mass is 284 g/mol. The lowest BCUT2D eigenvalue weighted by atomic mass is 9.75. The van der Waals surface area contributed by atoms with Gasteiger partial charge < -0.3 is 15.3 Å². The SMILES string of the molecule is CC(CCNC(=O)N1CCC(C(C)(C)C)CC1)C(=O)O. The number of nitrogens with one attached hydrogen (secondary N) is 1. The zero-order valence-electron chi connectivity index (χ0n) is 13.1. The molecule has 0 saturated carbocycles. The predicted molar refractivity (Wildman–Crippen MR) is 78.6 cm³/mol. The van der Waals surface area contributed by atoms with Crippen molar-refractivity contribution in [2.24, 2.45) is 17.3 Å². The molecule has 5 heteroatoms. The molecule has 1 aliphatic rings. The largest absolute Gasteiger partial charge is 0.481 e. The molecular weight excluding hydrogens is 256 g/mol. The standard InChI is InChI=1S/C15H28N2O3/c1-11(13(18)19)5-8-16-14(20)17-9-6-12(7-10-17)15(2,3)4/h11-12H,5-10H2,1-4H3,(H,16,20)(H,18,19). The third-order valence-electron chi connectivity index (χ3n) is 4.28. The van der Waals surface area contributed by atoms with Crippen LogP contribution in [-0.2, 0) is 4.79 Å². The van der Waals surface area contributed by atoms with Gasteiger partial charge in [0.1, 0.15) is 0 Å². The molecule has 0 aromatic heterocycles. The zero-order chi connectivity index (χ0) is 15.3. The van der Waals surface area contributed by atoms with Crippen molar-refractivity contribution in [2.45, 2.75) is 47.0 Å². The first kappa shape index (κ1) is 16.8. The molecule has 0 bridgehead atoms. The summed E-state index contributed by atoms with van der Waals surface area (Å²) in [5.41, 5.74) is 0.305. The number of amides is 2. The van der Waals surface area contributed by atoms with E-state index in [0.29, 0.717) is 24.3 Å². The van der Waals surface area contributed by atoms with Gasteiger partial charge in [-0.2, -0.15) is 0 Å².